The van der Waals surface area contributed by atoms with E-state index in [-0.39, 0.29) is 12.0 Å². The topological polar surface area (TPSA) is 49.8 Å². The first-order valence-corrected chi connectivity index (χ1v) is 7.50. The molecule has 0 aromatic carbocycles. The smallest absolute Gasteiger partial charge is 0.393 e. The van der Waals surface area contributed by atoms with Gasteiger partial charge in [-0.15, -0.1) is 0 Å². The zero-order chi connectivity index (χ0) is 15.5. The van der Waals surface area contributed by atoms with Gasteiger partial charge >= 0.3 is 6.18 Å². The van der Waals surface area contributed by atoms with Gasteiger partial charge in [-0.05, 0) is 32.1 Å². The van der Waals surface area contributed by atoms with Crippen molar-refractivity contribution in [1.29, 1.82) is 0 Å². The van der Waals surface area contributed by atoms with Crippen LogP contribution in [0.15, 0.2) is 0 Å². The SMILES string of the molecule is O=C(COCC(F)(F)F)N1CCCCC1C1CCCC1O. The fraction of sp³-hybridized carbons (Fsp3) is 0.929. The van der Waals surface area contributed by atoms with E-state index in [9.17, 15) is 23.1 Å². The molecule has 1 aliphatic carbocycles. The number of alkyl halides is 3. The van der Waals surface area contributed by atoms with Crippen LogP contribution < -0.4 is 0 Å². The number of likely N-dealkylation sites (tertiary alicyclic amines) is 1. The second-order valence-electron chi connectivity index (χ2n) is 5.92. The van der Waals surface area contributed by atoms with Crippen molar-refractivity contribution in [3.63, 3.8) is 0 Å². The molecule has 0 aromatic heterocycles. The van der Waals surface area contributed by atoms with E-state index in [2.05, 4.69) is 4.74 Å². The van der Waals surface area contributed by atoms with Gasteiger partial charge in [0.25, 0.3) is 0 Å². The highest BCUT2D eigenvalue weighted by atomic mass is 19.4. The van der Waals surface area contributed by atoms with E-state index in [0.29, 0.717) is 6.54 Å². The molecule has 0 aromatic rings. The lowest BCUT2D eigenvalue weighted by molar-refractivity contribution is -0.179. The Bertz CT molecular complexity index is 362. The normalized spacial score (nSPS) is 30.7. The molecule has 1 aliphatic heterocycles. The van der Waals surface area contributed by atoms with E-state index in [1.165, 1.54) is 0 Å². The van der Waals surface area contributed by atoms with E-state index in [1.807, 2.05) is 0 Å². The molecule has 122 valence electrons. The van der Waals surface area contributed by atoms with E-state index < -0.39 is 31.4 Å². The number of carbonyl (C=O) groups is 1. The van der Waals surface area contributed by atoms with Crippen molar-refractivity contribution < 1.29 is 27.8 Å². The molecule has 1 saturated heterocycles. The Labute approximate surface area is 122 Å². The third-order valence-corrected chi connectivity index (χ3v) is 4.39. The summed E-state index contributed by atoms with van der Waals surface area (Å²) < 4.78 is 40.6. The molecule has 4 nitrogen and oxygen atoms in total. The van der Waals surface area contributed by atoms with Crippen LogP contribution in [0.1, 0.15) is 38.5 Å². The van der Waals surface area contributed by atoms with Crippen LogP contribution in [-0.2, 0) is 9.53 Å². The third-order valence-electron chi connectivity index (χ3n) is 4.39. The summed E-state index contributed by atoms with van der Waals surface area (Å²) in [6, 6.07) is -0.0572. The van der Waals surface area contributed by atoms with Crippen molar-refractivity contribution in [2.45, 2.75) is 56.8 Å². The van der Waals surface area contributed by atoms with Crippen LogP contribution in [-0.4, -0.2) is 54.0 Å². The van der Waals surface area contributed by atoms with Crippen molar-refractivity contribution in [1.82, 2.24) is 4.90 Å². The van der Waals surface area contributed by atoms with Gasteiger partial charge in [0.15, 0.2) is 0 Å². The number of hydrogen-bond donors (Lipinski definition) is 1. The first kappa shape index (κ1) is 16.5. The largest absolute Gasteiger partial charge is 0.411 e. The number of halogens is 3. The van der Waals surface area contributed by atoms with Crippen LogP contribution in [0.5, 0.6) is 0 Å². The van der Waals surface area contributed by atoms with Gasteiger partial charge in [-0.1, -0.05) is 6.42 Å². The molecule has 2 rings (SSSR count). The lowest BCUT2D eigenvalue weighted by atomic mass is 9.87. The number of ether oxygens (including phenoxy) is 1. The van der Waals surface area contributed by atoms with E-state index >= 15 is 0 Å². The van der Waals surface area contributed by atoms with Crippen molar-refractivity contribution in [2.24, 2.45) is 5.92 Å². The van der Waals surface area contributed by atoms with E-state index in [1.54, 1.807) is 4.90 Å². The number of piperidine rings is 1. The molecule has 1 N–H and O–H groups in total. The van der Waals surface area contributed by atoms with Crippen molar-refractivity contribution >= 4 is 5.91 Å². The highest BCUT2D eigenvalue weighted by molar-refractivity contribution is 5.78. The molecule has 3 unspecified atom stereocenters. The number of rotatable bonds is 4. The Balaban J connectivity index is 1.90. The van der Waals surface area contributed by atoms with Crippen LogP contribution in [0.4, 0.5) is 13.2 Å². The molecule has 3 atom stereocenters. The molecule has 1 amide bonds. The predicted octanol–water partition coefficient (Wildman–Crippen LogP) is 2.11. The van der Waals surface area contributed by atoms with E-state index in [0.717, 1.165) is 38.5 Å². The van der Waals surface area contributed by atoms with Gasteiger partial charge < -0.3 is 14.7 Å². The summed E-state index contributed by atoms with van der Waals surface area (Å²) in [5, 5.41) is 10.0. The minimum Gasteiger partial charge on any atom is -0.393 e. The minimum atomic E-state index is -4.41. The maximum absolute atomic E-state index is 12.1. The second kappa shape index (κ2) is 6.96. The van der Waals surface area contributed by atoms with Gasteiger partial charge in [-0.2, -0.15) is 13.2 Å². The quantitative estimate of drug-likeness (QED) is 0.865. The Hall–Kier alpha value is -0.820. The fourth-order valence-corrected chi connectivity index (χ4v) is 3.47. The molecular formula is C14H22F3NO3. The molecule has 2 aliphatic rings. The molecule has 7 heteroatoms. The average Bonchev–Trinajstić information content (AvgIpc) is 2.83. The molecular weight excluding hydrogens is 287 g/mol. The third kappa shape index (κ3) is 4.57. The van der Waals surface area contributed by atoms with Crippen molar-refractivity contribution in [2.75, 3.05) is 19.8 Å². The lowest BCUT2D eigenvalue weighted by Gasteiger charge is -2.40. The lowest BCUT2D eigenvalue weighted by Crippen LogP contribution is -2.50. The molecule has 1 saturated carbocycles. The summed E-state index contributed by atoms with van der Waals surface area (Å²) in [7, 11) is 0. The van der Waals surface area contributed by atoms with E-state index in [4.69, 9.17) is 0 Å². The summed E-state index contributed by atoms with van der Waals surface area (Å²) in [4.78, 5) is 13.7. The Morgan fingerprint density at radius 2 is 1.95 bits per heavy atom. The first-order chi connectivity index (χ1) is 9.88. The number of carbonyl (C=O) groups excluding carboxylic acids is 1. The zero-order valence-corrected chi connectivity index (χ0v) is 11.9. The van der Waals surface area contributed by atoms with Gasteiger partial charge in [0.1, 0.15) is 13.2 Å². The molecule has 21 heavy (non-hydrogen) atoms. The maximum atomic E-state index is 12.1. The molecule has 1 heterocycles. The summed E-state index contributed by atoms with van der Waals surface area (Å²) in [6.07, 6.45) is 0.391. The highest BCUT2D eigenvalue weighted by Crippen LogP contribution is 2.35. The second-order valence-corrected chi connectivity index (χ2v) is 5.92. The Kier molecular flexibility index (Phi) is 5.48. The molecule has 0 bridgehead atoms. The van der Waals surface area contributed by atoms with Gasteiger partial charge in [0.2, 0.25) is 5.91 Å². The van der Waals surface area contributed by atoms with Crippen molar-refractivity contribution in [3.05, 3.63) is 0 Å². The summed E-state index contributed by atoms with van der Waals surface area (Å²) in [5.41, 5.74) is 0. The fourth-order valence-electron chi connectivity index (χ4n) is 3.47. The van der Waals surface area contributed by atoms with Crippen LogP contribution in [0.3, 0.4) is 0 Å². The molecule has 0 radical (unpaired) electrons. The minimum absolute atomic E-state index is 0.0527. The summed E-state index contributed by atoms with van der Waals surface area (Å²) in [5.74, 6) is -0.347. The van der Waals surface area contributed by atoms with Crippen LogP contribution in [0.25, 0.3) is 0 Å². The average molecular weight is 309 g/mol. The van der Waals surface area contributed by atoms with Gasteiger partial charge in [0, 0.05) is 18.5 Å². The number of hydrogen-bond acceptors (Lipinski definition) is 3. The van der Waals surface area contributed by atoms with Crippen LogP contribution >= 0.6 is 0 Å². The Morgan fingerprint density at radius 1 is 1.19 bits per heavy atom. The summed E-state index contributed by atoms with van der Waals surface area (Å²) >= 11 is 0. The van der Waals surface area contributed by atoms with Gasteiger partial charge in [0.05, 0.1) is 6.10 Å². The molecule has 0 spiro atoms. The van der Waals surface area contributed by atoms with Gasteiger partial charge in [-0.3, -0.25) is 4.79 Å². The number of nitrogens with zero attached hydrogens (tertiary/aromatic N) is 1. The Morgan fingerprint density at radius 3 is 2.57 bits per heavy atom. The van der Waals surface area contributed by atoms with Crippen LogP contribution in [0.2, 0.25) is 0 Å². The first-order valence-electron chi connectivity index (χ1n) is 7.50. The standard InChI is InChI=1S/C14H22F3NO3/c15-14(16,17)9-21-8-13(20)18-7-2-1-5-11(18)10-4-3-6-12(10)19/h10-12,19H,1-9H2. The zero-order valence-electron chi connectivity index (χ0n) is 11.9. The number of aliphatic hydroxyl groups is 1. The van der Waals surface area contributed by atoms with Crippen molar-refractivity contribution in [3.8, 4) is 0 Å². The predicted molar refractivity (Wildman–Crippen MR) is 69.6 cm³/mol. The number of amides is 1. The number of aliphatic hydroxyl groups excluding tert-OH is 1. The summed E-state index contributed by atoms with van der Waals surface area (Å²) in [6.45, 7) is -1.40. The maximum Gasteiger partial charge on any atom is 0.411 e. The molecule has 2 fully saturated rings. The monoisotopic (exact) mass is 309 g/mol. The van der Waals surface area contributed by atoms with Crippen LogP contribution in [0, 0.1) is 5.92 Å². The highest BCUT2D eigenvalue weighted by Gasteiger charge is 2.39. The van der Waals surface area contributed by atoms with Gasteiger partial charge in [-0.25, -0.2) is 0 Å².